The van der Waals surface area contributed by atoms with Crippen LogP contribution in [0.2, 0.25) is 0 Å². The normalized spacial score (nSPS) is 34.1. The molecule has 13 heavy (non-hydrogen) atoms. The number of hydrogen-bond acceptors (Lipinski definition) is 3. The zero-order valence-corrected chi connectivity index (χ0v) is 7.29. The van der Waals surface area contributed by atoms with Crippen molar-refractivity contribution in [3.05, 3.63) is 11.6 Å². The van der Waals surface area contributed by atoms with E-state index >= 15 is 0 Å². The minimum absolute atomic E-state index is 0.0000926. The highest BCUT2D eigenvalue weighted by molar-refractivity contribution is 5.96. The van der Waals surface area contributed by atoms with E-state index in [4.69, 9.17) is 0 Å². The Morgan fingerprint density at radius 1 is 1.31 bits per heavy atom. The van der Waals surface area contributed by atoms with Crippen LogP contribution in [0, 0.1) is 5.92 Å². The second-order valence-corrected chi connectivity index (χ2v) is 3.73. The van der Waals surface area contributed by atoms with Crippen LogP contribution >= 0.6 is 0 Å². The molecule has 0 aromatic carbocycles. The van der Waals surface area contributed by atoms with Gasteiger partial charge in [0.2, 0.25) is 0 Å². The van der Waals surface area contributed by atoms with Crippen molar-refractivity contribution in [3.63, 3.8) is 0 Å². The summed E-state index contributed by atoms with van der Waals surface area (Å²) >= 11 is 0. The number of carbonyl (C=O) groups is 2. The van der Waals surface area contributed by atoms with Crippen LogP contribution in [0.25, 0.3) is 0 Å². The summed E-state index contributed by atoms with van der Waals surface area (Å²) in [6, 6.07) is 0. The lowest BCUT2D eigenvalue weighted by atomic mass is 9.75. The van der Waals surface area contributed by atoms with Gasteiger partial charge in [0.1, 0.15) is 5.78 Å². The highest BCUT2D eigenvalue weighted by Crippen LogP contribution is 2.32. The van der Waals surface area contributed by atoms with E-state index in [0.717, 1.165) is 18.4 Å². The third-order valence-electron chi connectivity index (χ3n) is 2.76. The molecule has 0 bridgehead atoms. The van der Waals surface area contributed by atoms with Gasteiger partial charge in [-0.05, 0) is 25.3 Å². The van der Waals surface area contributed by atoms with Crippen LogP contribution in [0.1, 0.15) is 25.7 Å². The zero-order chi connectivity index (χ0) is 9.42. The van der Waals surface area contributed by atoms with Crippen molar-refractivity contribution < 1.29 is 14.7 Å². The van der Waals surface area contributed by atoms with Gasteiger partial charge in [0.25, 0.3) is 0 Å². The Balaban J connectivity index is 2.32. The van der Waals surface area contributed by atoms with Crippen LogP contribution in [0.5, 0.6) is 0 Å². The Labute approximate surface area is 76.4 Å². The molecule has 2 unspecified atom stereocenters. The molecule has 0 aliphatic heterocycles. The van der Waals surface area contributed by atoms with Gasteiger partial charge in [0, 0.05) is 12.3 Å². The van der Waals surface area contributed by atoms with Gasteiger partial charge in [-0.1, -0.05) is 5.57 Å². The Morgan fingerprint density at radius 2 is 2.08 bits per heavy atom. The van der Waals surface area contributed by atoms with Gasteiger partial charge < -0.3 is 5.11 Å². The number of rotatable bonds is 0. The van der Waals surface area contributed by atoms with Crippen LogP contribution in [0.4, 0.5) is 0 Å². The molecule has 0 amide bonds. The van der Waals surface area contributed by atoms with Crippen molar-refractivity contribution >= 4 is 11.6 Å². The molecule has 3 nitrogen and oxygen atoms in total. The monoisotopic (exact) mass is 179 g/mol. The van der Waals surface area contributed by atoms with E-state index in [9.17, 15) is 14.7 Å². The molecule has 70 valence electrons. The molecule has 2 aliphatic carbocycles. The first-order chi connectivity index (χ1) is 6.18. The molecule has 0 saturated heterocycles. The molecular formula is C10H11O3-. The number of carbonyl (C=O) groups excluding carboxylic acids is 2. The van der Waals surface area contributed by atoms with Crippen molar-refractivity contribution in [2.45, 2.75) is 31.8 Å². The summed E-state index contributed by atoms with van der Waals surface area (Å²) < 4.78 is 0. The molecule has 3 heteroatoms. The molecule has 0 aromatic heterocycles. The summed E-state index contributed by atoms with van der Waals surface area (Å²) in [5, 5.41) is 11.5. The predicted octanol–water partition coefficient (Wildman–Crippen LogP) is -0.0163. The maximum atomic E-state index is 11.5. The SMILES string of the molecule is O=C1C=C2CCCC(=O)C2C([O-])C1. The van der Waals surface area contributed by atoms with Gasteiger partial charge in [-0.15, -0.1) is 6.10 Å². The summed E-state index contributed by atoms with van der Waals surface area (Å²) in [6.07, 6.45) is 2.55. The summed E-state index contributed by atoms with van der Waals surface area (Å²) in [4.78, 5) is 22.4. The number of ketones is 2. The molecule has 2 atom stereocenters. The minimum Gasteiger partial charge on any atom is -0.851 e. The van der Waals surface area contributed by atoms with Crippen LogP contribution in [-0.2, 0) is 9.59 Å². The average Bonchev–Trinajstić information content (AvgIpc) is 2.02. The lowest BCUT2D eigenvalue weighted by molar-refractivity contribution is -0.426. The van der Waals surface area contributed by atoms with Crippen LogP contribution in [0.15, 0.2) is 11.6 Å². The lowest BCUT2D eigenvalue weighted by Crippen LogP contribution is -2.45. The first-order valence-electron chi connectivity index (χ1n) is 4.60. The predicted molar refractivity (Wildman–Crippen MR) is 43.8 cm³/mol. The van der Waals surface area contributed by atoms with Gasteiger partial charge in [-0.25, -0.2) is 0 Å². The van der Waals surface area contributed by atoms with Gasteiger partial charge in [-0.2, -0.15) is 0 Å². The van der Waals surface area contributed by atoms with Gasteiger partial charge in [-0.3, -0.25) is 9.59 Å². The molecule has 2 rings (SSSR count). The highest BCUT2D eigenvalue weighted by atomic mass is 16.3. The average molecular weight is 179 g/mol. The zero-order valence-electron chi connectivity index (χ0n) is 7.29. The largest absolute Gasteiger partial charge is 0.851 e. The Hall–Kier alpha value is -0.960. The smallest absolute Gasteiger partial charge is 0.154 e. The molecule has 0 heterocycles. The van der Waals surface area contributed by atoms with Crippen molar-refractivity contribution in [2.24, 2.45) is 5.92 Å². The topological polar surface area (TPSA) is 57.2 Å². The molecular weight excluding hydrogens is 168 g/mol. The number of Topliss-reactive ketones (excluding diaryl/α,β-unsaturated/α-hetero) is 1. The highest BCUT2D eigenvalue weighted by Gasteiger charge is 2.32. The van der Waals surface area contributed by atoms with Crippen molar-refractivity contribution in [2.75, 3.05) is 0 Å². The van der Waals surface area contributed by atoms with E-state index in [2.05, 4.69) is 0 Å². The molecule has 0 spiro atoms. The van der Waals surface area contributed by atoms with E-state index < -0.39 is 12.0 Å². The molecule has 0 N–H and O–H groups in total. The second kappa shape index (κ2) is 3.07. The standard InChI is InChI=1S/C10H11O3/c11-7-4-6-2-1-3-8(12)10(6)9(13)5-7/h4,9-10H,1-3,5H2/q-1. The fraction of sp³-hybridized carbons (Fsp3) is 0.600. The maximum absolute atomic E-state index is 11.5. The number of fused-ring (bicyclic) bond motifs is 1. The molecule has 1 saturated carbocycles. The quantitative estimate of drug-likeness (QED) is 0.525. The van der Waals surface area contributed by atoms with Crippen LogP contribution in [0.3, 0.4) is 0 Å². The Morgan fingerprint density at radius 3 is 2.85 bits per heavy atom. The first-order valence-corrected chi connectivity index (χ1v) is 4.60. The fourth-order valence-corrected chi connectivity index (χ4v) is 2.17. The van der Waals surface area contributed by atoms with E-state index in [0.29, 0.717) is 6.42 Å². The third kappa shape index (κ3) is 1.44. The van der Waals surface area contributed by atoms with Crippen LogP contribution in [-0.4, -0.2) is 17.7 Å². The van der Waals surface area contributed by atoms with E-state index in [-0.39, 0.29) is 18.0 Å². The Kier molecular flexibility index (Phi) is 2.04. The van der Waals surface area contributed by atoms with Gasteiger partial charge >= 0.3 is 0 Å². The summed E-state index contributed by atoms with van der Waals surface area (Å²) in [5.41, 5.74) is 0.785. The van der Waals surface area contributed by atoms with Crippen molar-refractivity contribution in [3.8, 4) is 0 Å². The van der Waals surface area contributed by atoms with E-state index in [1.807, 2.05) is 0 Å². The number of hydrogen-bond donors (Lipinski definition) is 0. The third-order valence-corrected chi connectivity index (χ3v) is 2.76. The lowest BCUT2D eigenvalue weighted by Gasteiger charge is -2.37. The summed E-state index contributed by atoms with van der Waals surface area (Å²) in [6.45, 7) is 0. The maximum Gasteiger partial charge on any atom is 0.154 e. The summed E-state index contributed by atoms with van der Waals surface area (Å²) in [5.74, 6) is -0.558. The van der Waals surface area contributed by atoms with Gasteiger partial charge in [0.05, 0.1) is 0 Å². The minimum atomic E-state index is -1.01. The molecule has 1 fully saturated rings. The Bertz CT molecular complexity index is 291. The number of allylic oxidation sites excluding steroid dienone is 1. The first kappa shape index (κ1) is 8.63. The van der Waals surface area contributed by atoms with Crippen molar-refractivity contribution in [1.29, 1.82) is 0 Å². The van der Waals surface area contributed by atoms with Crippen molar-refractivity contribution in [1.82, 2.24) is 0 Å². The molecule has 0 aromatic rings. The molecule has 2 aliphatic rings. The van der Waals surface area contributed by atoms with Gasteiger partial charge in [0.15, 0.2) is 5.78 Å². The van der Waals surface area contributed by atoms with Crippen LogP contribution < -0.4 is 5.11 Å². The van der Waals surface area contributed by atoms with E-state index in [1.54, 1.807) is 0 Å². The summed E-state index contributed by atoms with van der Waals surface area (Å²) in [7, 11) is 0. The fourth-order valence-electron chi connectivity index (χ4n) is 2.17. The van der Waals surface area contributed by atoms with E-state index in [1.165, 1.54) is 6.08 Å². The molecule has 0 radical (unpaired) electrons. The second-order valence-electron chi connectivity index (χ2n) is 3.73.